The van der Waals surface area contributed by atoms with Gasteiger partial charge in [0.1, 0.15) is 12.2 Å². The normalized spacial score (nSPS) is 37.8. The first-order valence-electron chi connectivity index (χ1n) is 3.98. The molecule has 0 amide bonds. The molecule has 1 saturated heterocycles. The molecule has 0 spiro atoms. The smallest absolute Gasteiger partial charge is 0.164 e. The second-order valence-corrected chi connectivity index (χ2v) is 4.39. The molecule has 2 nitrogen and oxygen atoms in total. The van der Waals surface area contributed by atoms with Gasteiger partial charge in [0.25, 0.3) is 0 Å². The van der Waals surface area contributed by atoms with E-state index in [4.69, 9.17) is 9.47 Å². The zero-order valence-corrected chi connectivity index (χ0v) is 8.67. The van der Waals surface area contributed by atoms with Gasteiger partial charge in [0.2, 0.25) is 0 Å². The van der Waals surface area contributed by atoms with Crippen LogP contribution in [0, 0.1) is 0 Å². The van der Waals surface area contributed by atoms with Crippen molar-refractivity contribution in [2.75, 3.05) is 0 Å². The molecule has 0 radical (unpaired) electrons. The lowest BCUT2D eigenvalue weighted by Crippen LogP contribution is -2.20. The molecule has 2 rings (SSSR count). The van der Waals surface area contributed by atoms with Gasteiger partial charge in [0, 0.05) is 4.48 Å². The minimum absolute atomic E-state index is 0.0689. The molecule has 2 aliphatic rings. The number of hydrogen-bond acceptors (Lipinski definition) is 2. The Labute approximate surface area is 80.4 Å². The lowest BCUT2D eigenvalue weighted by Gasteiger charge is -2.15. The van der Waals surface area contributed by atoms with E-state index >= 15 is 0 Å². The summed E-state index contributed by atoms with van der Waals surface area (Å²) in [5.74, 6) is -0.451. The van der Waals surface area contributed by atoms with E-state index in [2.05, 4.69) is 15.9 Å². The van der Waals surface area contributed by atoms with Crippen molar-refractivity contribution in [3.05, 3.63) is 22.7 Å². The fourth-order valence-corrected chi connectivity index (χ4v) is 1.91. The van der Waals surface area contributed by atoms with Gasteiger partial charge in [-0.05, 0) is 26.0 Å². The number of halogens is 1. The Morgan fingerprint density at radius 3 is 2.75 bits per heavy atom. The SMILES string of the molecule is CC1(C)OC2C=CC(Br)=CC2O1. The Balaban J connectivity index is 2.20. The van der Waals surface area contributed by atoms with Crippen LogP contribution in [0.3, 0.4) is 0 Å². The minimum Gasteiger partial charge on any atom is -0.340 e. The third-order valence-corrected chi connectivity index (χ3v) is 2.46. The summed E-state index contributed by atoms with van der Waals surface area (Å²) in [4.78, 5) is 0. The molecule has 1 fully saturated rings. The molecule has 1 aliphatic heterocycles. The topological polar surface area (TPSA) is 18.5 Å². The van der Waals surface area contributed by atoms with Crippen molar-refractivity contribution in [2.45, 2.75) is 31.8 Å². The average molecular weight is 231 g/mol. The van der Waals surface area contributed by atoms with E-state index in [0.717, 1.165) is 4.48 Å². The molecule has 0 aromatic rings. The Morgan fingerprint density at radius 2 is 2.00 bits per heavy atom. The zero-order valence-electron chi connectivity index (χ0n) is 7.08. The molecule has 66 valence electrons. The van der Waals surface area contributed by atoms with Crippen LogP contribution in [0.5, 0.6) is 0 Å². The van der Waals surface area contributed by atoms with Crippen molar-refractivity contribution >= 4 is 15.9 Å². The number of fused-ring (bicyclic) bond motifs is 1. The van der Waals surface area contributed by atoms with Crippen LogP contribution in [0.1, 0.15) is 13.8 Å². The van der Waals surface area contributed by atoms with E-state index in [1.165, 1.54) is 0 Å². The largest absolute Gasteiger partial charge is 0.340 e. The van der Waals surface area contributed by atoms with Crippen LogP contribution in [-0.4, -0.2) is 18.0 Å². The highest BCUT2D eigenvalue weighted by atomic mass is 79.9. The van der Waals surface area contributed by atoms with E-state index in [1.807, 2.05) is 32.1 Å². The Hall–Kier alpha value is -0.120. The first-order valence-corrected chi connectivity index (χ1v) is 4.77. The third kappa shape index (κ3) is 1.49. The molecule has 1 aliphatic carbocycles. The van der Waals surface area contributed by atoms with Crippen LogP contribution >= 0.6 is 15.9 Å². The number of ether oxygens (including phenoxy) is 2. The van der Waals surface area contributed by atoms with E-state index in [0.29, 0.717) is 0 Å². The van der Waals surface area contributed by atoms with Crippen molar-refractivity contribution in [3.63, 3.8) is 0 Å². The van der Waals surface area contributed by atoms with Gasteiger partial charge in [-0.3, -0.25) is 0 Å². The van der Waals surface area contributed by atoms with Crippen molar-refractivity contribution < 1.29 is 9.47 Å². The maximum atomic E-state index is 5.64. The highest BCUT2D eigenvalue weighted by Crippen LogP contribution is 2.33. The maximum Gasteiger partial charge on any atom is 0.164 e. The first kappa shape index (κ1) is 8.48. The Kier molecular flexibility index (Phi) is 1.90. The summed E-state index contributed by atoms with van der Waals surface area (Å²) >= 11 is 3.40. The van der Waals surface area contributed by atoms with Crippen molar-refractivity contribution in [1.82, 2.24) is 0 Å². The lowest BCUT2D eigenvalue weighted by atomic mass is 10.1. The maximum absolute atomic E-state index is 5.64. The molecule has 3 heteroatoms. The summed E-state index contributed by atoms with van der Waals surface area (Å²) in [6.07, 6.45) is 6.19. The molecular weight excluding hydrogens is 220 g/mol. The van der Waals surface area contributed by atoms with Crippen LogP contribution < -0.4 is 0 Å². The summed E-state index contributed by atoms with van der Waals surface area (Å²) in [5.41, 5.74) is 0. The van der Waals surface area contributed by atoms with E-state index < -0.39 is 5.79 Å². The Morgan fingerprint density at radius 1 is 1.33 bits per heavy atom. The van der Waals surface area contributed by atoms with Crippen LogP contribution in [0.4, 0.5) is 0 Å². The summed E-state index contributed by atoms with van der Waals surface area (Å²) in [6, 6.07) is 0. The second-order valence-electron chi connectivity index (χ2n) is 3.48. The van der Waals surface area contributed by atoms with Crippen LogP contribution in [-0.2, 0) is 9.47 Å². The highest BCUT2D eigenvalue weighted by Gasteiger charge is 2.39. The third-order valence-electron chi connectivity index (χ3n) is 1.93. The van der Waals surface area contributed by atoms with Gasteiger partial charge in [-0.25, -0.2) is 0 Å². The van der Waals surface area contributed by atoms with Crippen LogP contribution in [0.15, 0.2) is 22.7 Å². The van der Waals surface area contributed by atoms with E-state index in [-0.39, 0.29) is 12.2 Å². The van der Waals surface area contributed by atoms with Gasteiger partial charge in [-0.15, -0.1) is 0 Å². The van der Waals surface area contributed by atoms with Gasteiger partial charge < -0.3 is 9.47 Å². The quantitative estimate of drug-likeness (QED) is 0.637. The second kappa shape index (κ2) is 2.69. The van der Waals surface area contributed by atoms with E-state index in [9.17, 15) is 0 Å². The molecule has 0 saturated carbocycles. The summed E-state index contributed by atoms with van der Waals surface area (Å²) in [5, 5.41) is 0. The molecule has 2 unspecified atom stereocenters. The van der Waals surface area contributed by atoms with Crippen LogP contribution in [0.25, 0.3) is 0 Å². The molecule has 0 aromatic heterocycles. The number of allylic oxidation sites excluding steroid dienone is 2. The molecular formula is C9H11BrO2. The van der Waals surface area contributed by atoms with Gasteiger partial charge in [-0.2, -0.15) is 0 Å². The van der Waals surface area contributed by atoms with E-state index in [1.54, 1.807) is 0 Å². The standard InChI is InChI=1S/C9H11BrO2/c1-9(2)11-7-4-3-6(10)5-8(7)12-9/h3-5,7-8H,1-2H3. The fraction of sp³-hybridized carbons (Fsp3) is 0.556. The Bertz CT molecular complexity index is 255. The van der Waals surface area contributed by atoms with Crippen molar-refractivity contribution in [2.24, 2.45) is 0 Å². The predicted octanol–water partition coefficient (Wildman–Crippen LogP) is 2.36. The molecule has 12 heavy (non-hydrogen) atoms. The molecule has 0 bridgehead atoms. The van der Waals surface area contributed by atoms with Crippen molar-refractivity contribution in [1.29, 1.82) is 0 Å². The molecule has 0 aromatic carbocycles. The average Bonchev–Trinajstić information content (AvgIpc) is 2.21. The molecule has 2 atom stereocenters. The lowest BCUT2D eigenvalue weighted by molar-refractivity contribution is -0.138. The van der Waals surface area contributed by atoms with Gasteiger partial charge in [0.05, 0.1) is 0 Å². The summed E-state index contributed by atoms with van der Waals surface area (Å²) in [7, 11) is 0. The van der Waals surface area contributed by atoms with Gasteiger partial charge in [0.15, 0.2) is 5.79 Å². The van der Waals surface area contributed by atoms with Gasteiger partial charge >= 0.3 is 0 Å². The zero-order chi connectivity index (χ0) is 8.77. The molecule has 0 N–H and O–H groups in total. The summed E-state index contributed by atoms with van der Waals surface area (Å²) < 4.78 is 12.3. The van der Waals surface area contributed by atoms with Crippen LogP contribution in [0.2, 0.25) is 0 Å². The molecule has 1 heterocycles. The summed E-state index contributed by atoms with van der Waals surface area (Å²) in [6.45, 7) is 3.86. The van der Waals surface area contributed by atoms with Crippen molar-refractivity contribution in [3.8, 4) is 0 Å². The monoisotopic (exact) mass is 230 g/mol. The first-order chi connectivity index (χ1) is 5.57. The minimum atomic E-state index is -0.451. The fourth-order valence-electron chi connectivity index (χ4n) is 1.49. The predicted molar refractivity (Wildman–Crippen MR) is 50.0 cm³/mol. The van der Waals surface area contributed by atoms with Gasteiger partial charge in [-0.1, -0.05) is 22.0 Å². The number of rotatable bonds is 0. The number of hydrogen-bond donors (Lipinski definition) is 0. The highest BCUT2D eigenvalue weighted by molar-refractivity contribution is 9.11.